The molecule has 0 radical (unpaired) electrons. The van der Waals surface area contributed by atoms with Gasteiger partial charge in [0.25, 0.3) is 0 Å². The van der Waals surface area contributed by atoms with Crippen molar-refractivity contribution >= 4 is 11.8 Å². The van der Waals surface area contributed by atoms with Crippen LogP contribution in [0.15, 0.2) is 0 Å². The number of aliphatic hydroxyl groups excluding tert-OH is 15. The molecule has 25 atom stereocenters. The van der Waals surface area contributed by atoms with Crippen molar-refractivity contribution < 1.29 is 129 Å². The molecule has 0 aromatic carbocycles. The molecular formula is C34H58N2O26. The van der Waals surface area contributed by atoms with Crippen molar-refractivity contribution in [2.75, 3.05) is 33.0 Å². The summed E-state index contributed by atoms with van der Waals surface area (Å²) < 4.78 is 51.1. The number of rotatable bonds is 15. The normalized spacial score (nSPS) is 49.0. The van der Waals surface area contributed by atoms with Crippen molar-refractivity contribution in [3.8, 4) is 0 Å². The number of carbonyl (C=O) groups is 2. The summed E-state index contributed by atoms with van der Waals surface area (Å²) in [5.74, 6) is -1.59. The van der Waals surface area contributed by atoms with E-state index < -0.39 is 198 Å². The molecule has 2 amide bonds. The van der Waals surface area contributed by atoms with E-state index in [0.717, 1.165) is 13.8 Å². The van der Waals surface area contributed by atoms with Crippen LogP contribution in [0.4, 0.5) is 0 Å². The fourth-order valence-electron chi connectivity index (χ4n) is 7.84. The lowest BCUT2D eigenvalue weighted by molar-refractivity contribution is -0.379. The Bertz CT molecular complexity index is 1440. The largest absolute Gasteiger partial charge is 0.394 e. The molecule has 5 fully saturated rings. The highest BCUT2D eigenvalue weighted by atomic mass is 16.8. The van der Waals surface area contributed by atoms with E-state index in [4.69, 9.17) is 42.6 Å². The topological polar surface area (TPSA) is 445 Å². The van der Waals surface area contributed by atoms with Crippen LogP contribution in [0.5, 0.6) is 0 Å². The maximum Gasteiger partial charge on any atom is 0.217 e. The van der Waals surface area contributed by atoms with Crippen molar-refractivity contribution in [1.29, 1.82) is 0 Å². The Kier molecular flexibility index (Phi) is 18.1. The summed E-state index contributed by atoms with van der Waals surface area (Å²) in [5, 5.41) is 162. The van der Waals surface area contributed by atoms with Crippen LogP contribution in [0.2, 0.25) is 0 Å². The predicted octanol–water partition coefficient (Wildman–Crippen LogP) is -11.6. The van der Waals surface area contributed by atoms with Gasteiger partial charge in [0, 0.05) is 13.8 Å². The molecular weight excluding hydrogens is 852 g/mol. The van der Waals surface area contributed by atoms with Crippen LogP contribution in [0.3, 0.4) is 0 Å². The molecule has 62 heavy (non-hydrogen) atoms. The number of aliphatic hydroxyl groups is 15. The number of amides is 2. The van der Waals surface area contributed by atoms with E-state index in [1.54, 1.807) is 0 Å². The Morgan fingerprint density at radius 2 is 0.710 bits per heavy atom. The lowest BCUT2D eigenvalue weighted by Crippen LogP contribution is -2.71. The first-order valence-electron chi connectivity index (χ1n) is 19.6. The van der Waals surface area contributed by atoms with Crippen molar-refractivity contribution in [3.05, 3.63) is 0 Å². The Balaban J connectivity index is 1.39. The minimum absolute atomic E-state index is 0.793. The van der Waals surface area contributed by atoms with Crippen LogP contribution < -0.4 is 10.6 Å². The van der Waals surface area contributed by atoms with Crippen LogP contribution >= 0.6 is 0 Å². The lowest BCUT2D eigenvalue weighted by atomic mass is 9.93. The smallest absolute Gasteiger partial charge is 0.217 e. The van der Waals surface area contributed by atoms with Gasteiger partial charge < -0.3 is 130 Å². The Labute approximate surface area is 351 Å². The summed E-state index contributed by atoms with van der Waals surface area (Å²) in [6.45, 7) is -2.54. The van der Waals surface area contributed by atoms with Crippen LogP contribution in [0, 0.1) is 0 Å². The second-order valence-electron chi connectivity index (χ2n) is 15.4. The van der Waals surface area contributed by atoms with Gasteiger partial charge >= 0.3 is 0 Å². The van der Waals surface area contributed by atoms with E-state index in [2.05, 4.69) is 10.6 Å². The summed E-state index contributed by atoms with van der Waals surface area (Å²) in [5.41, 5.74) is 0. The third-order valence-electron chi connectivity index (χ3n) is 11.1. The monoisotopic (exact) mass is 910 g/mol. The van der Waals surface area contributed by atoms with Crippen LogP contribution in [-0.2, 0) is 52.2 Å². The summed E-state index contributed by atoms with van der Waals surface area (Å²) in [4.78, 5) is 24.9. The Morgan fingerprint density at radius 1 is 0.387 bits per heavy atom. The van der Waals surface area contributed by atoms with Crippen molar-refractivity contribution in [2.24, 2.45) is 0 Å². The first-order valence-corrected chi connectivity index (χ1v) is 19.6. The minimum Gasteiger partial charge on any atom is -0.394 e. The first kappa shape index (κ1) is 51.0. The minimum atomic E-state index is -2.19. The average Bonchev–Trinajstić information content (AvgIpc) is 3.23. The van der Waals surface area contributed by atoms with Crippen molar-refractivity contribution in [2.45, 2.75) is 167 Å². The summed E-state index contributed by atoms with van der Waals surface area (Å²) in [6.07, 6.45) is -42.2. The third-order valence-corrected chi connectivity index (χ3v) is 11.1. The van der Waals surface area contributed by atoms with E-state index in [9.17, 15) is 86.2 Å². The van der Waals surface area contributed by atoms with Gasteiger partial charge in [0.1, 0.15) is 122 Å². The van der Waals surface area contributed by atoms with Gasteiger partial charge in [0.15, 0.2) is 31.5 Å². The zero-order chi connectivity index (χ0) is 45.9. The number of carbonyl (C=O) groups excluding carboxylic acids is 2. The molecule has 5 saturated heterocycles. The van der Waals surface area contributed by atoms with Crippen LogP contribution in [0.1, 0.15) is 13.8 Å². The van der Waals surface area contributed by atoms with E-state index in [1.807, 2.05) is 0 Å². The van der Waals surface area contributed by atoms with Crippen molar-refractivity contribution in [3.63, 3.8) is 0 Å². The van der Waals surface area contributed by atoms with Gasteiger partial charge in [-0.15, -0.1) is 0 Å². The highest BCUT2D eigenvalue weighted by Gasteiger charge is 2.57. The SMILES string of the molecule is CC(=O)N[C@H]1[C@H](O[C@H]2[C@H](O)[C@@H](O)[C@H](O[C@H]3[C@H](O)[C@@H](CO)O[C@@H](O[C@H]4[C@H](O)[C@@H](O)C(O)O[C@@H]4CO)[C@@H]3NC(C)=O)O[C@@H]2CO)O[C@H](CO)[C@@H](O)[C@@H]1O[C@@H]1O[C@H](CO)[C@@H](O)[C@H](O)[C@H]1O. The quantitative estimate of drug-likeness (QED) is 0.0725. The molecule has 5 aliphatic heterocycles. The van der Waals surface area contributed by atoms with E-state index in [-0.39, 0.29) is 0 Å². The van der Waals surface area contributed by atoms with Gasteiger partial charge in [-0.3, -0.25) is 9.59 Å². The molecule has 1 unspecified atom stereocenters. The summed E-state index contributed by atoms with van der Waals surface area (Å²) in [7, 11) is 0. The van der Waals surface area contributed by atoms with Gasteiger partial charge in [-0.25, -0.2) is 0 Å². The predicted molar refractivity (Wildman–Crippen MR) is 190 cm³/mol. The molecule has 0 aliphatic carbocycles. The molecule has 0 aromatic rings. The molecule has 5 rings (SSSR count). The van der Waals surface area contributed by atoms with Crippen LogP contribution in [-0.4, -0.2) is 275 Å². The van der Waals surface area contributed by atoms with Gasteiger partial charge in [0.2, 0.25) is 11.8 Å². The van der Waals surface area contributed by atoms with E-state index in [1.165, 1.54) is 0 Å². The zero-order valence-corrected chi connectivity index (χ0v) is 33.2. The number of nitrogens with one attached hydrogen (secondary N) is 2. The van der Waals surface area contributed by atoms with Crippen LogP contribution in [0.25, 0.3) is 0 Å². The number of ether oxygens (including phenoxy) is 9. The molecule has 0 bridgehead atoms. The Morgan fingerprint density at radius 3 is 1.11 bits per heavy atom. The number of hydrogen-bond acceptors (Lipinski definition) is 26. The molecule has 360 valence electrons. The summed E-state index contributed by atoms with van der Waals surface area (Å²) in [6, 6.07) is -3.30. The van der Waals surface area contributed by atoms with Gasteiger partial charge in [0.05, 0.1) is 33.0 Å². The third kappa shape index (κ3) is 10.8. The maximum atomic E-state index is 12.4. The molecule has 28 heteroatoms. The lowest BCUT2D eigenvalue weighted by Gasteiger charge is -2.50. The molecule has 0 spiro atoms. The maximum absolute atomic E-state index is 12.4. The highest BCUT2D eigenvalue weighted by molar-refractivity contribution is 5.73. The van der Waals surface area contributed by atoms with E-state index in [0.29, 0.717) is 0 Å². The molecule has 5 aliphatic rings. The second kappa shape index (κ2) is 22.0. The molecule has 28 nitrogen and oxygen atoms in total. The molecule has 0 saturated carbocycles. The van der Waals surface area contributed by atoms with Gasteiger partial charge in [-0.05, 0) is 0 Å². The highest BCUT2D eigenvalue weighted by Crippen LogP contribution is 2.36. The fourth-order valence-corrected chi connectivity index (χ4v) is 7.84. The molecule has 0 aromatic heterocycles. The number of hydrogen-bond donors (Lipinski definition) is 17. The average molecular weight is 911 g/mol. The first-order chi connectivity index (χ1) is 29.3. The van der Waals surface area contributed by atoms with E-state index >= 15 is 0 Å². The second-order valence-corrected chi connectivity index (χ2v) is 15.4. The fraction of sp³-hybridized carbons (Fsp3) is 0.941. The van der Waals surface area contributed by atoms with Crippen molar-refractivity contribution in [1.82, 2.24) is 10.6 Å². The zero-order valence-electron chi connectivity index (χ0n) is 33.2. The van der Waals surface area contributed by atoms with Gasteiger partial charge in [-0.2, -0.15) is 0 Å². The summed E-state index contributed by atoms with van der Waals surface area (Å²) >= 11 is 0. The molecule has 17 N–H and O–H groups in total. The standard InChI is InChI=1S/C34H58N2O26/c1-8(42)35-15-28(61-33-24(51)20(47)17(44)10(3-37)57-33)18(45)11(4-38)56-32(15)60-27-14(7-41)58-34(25(52)22(27)49)62-29-16(36-9(2)43)31(55-12(5-39)19(29)46)59-26-13(6-40)54-30(53)23(50)21(26)48/h10-34,37-41,44-53H,3-7H2,1-2H3,(H,35,42)(H,36,43)/t10-,11-,12-,13-,14-,15-,16-,17-,18-,19-,20+,21-,22-,23-,24-,25-,26-,27-,28-,29-,30?,31+,32+,33+,34+/m1/s1. The Hall–Kier alpha value is -2.02. The molecule has 5 heterocycles. The van der Waals surface area contributed by atoms with Gasteiger partial charge in [-0.1, -0.05) is 0 Å².